The normalized spacial score (nSPS) is 23.1. The van der Waals surface area contributed by atoms with Gasteiger partial charge in [-0.2, -0.15) is 0 Å². The molecule has 2 aromatic carbocycles. The molecule has 0 bridgehead atoms. The molecule has 0 spiro atoms. The largest absolute Gasteiger partial charge is 0.497 e. The van der Waals surface area contributed by atoms with Crippen LogP contribution in [-0.4, -0.2) is 95.2 Å². The first-order valence-electron chi connectivity index (χ1n) is 19.7. The molecule has 3 aliphatic rings. The second kappa shape index (κ2) is 16.8. The number of carbonyl (C=O) groups excluding carboxylic acids is 4. The predicted octanol–water partition coefficient (Wildman–Crippen LogP) is 4.81. The number of likely N-dealkylation sites (tertiary alicyclic amines) is 1. The molecule has 3 fully saturated rings. The Morgan fingerprint density at radius 3 is 2.33 bits per heavy atom. The zero-order chi connectivity index (χ0) is 41.1. The van der Waals surface area contributed by atoms with Crippen LogP contribution in [0, 0.1) is 17.3 Å². The summed E-state index contributed by atoms with van der Waals surface area (Å²) >= 11 is 0. The van der Waals surface area contributed by atoms with Crippen LogP contribution in [-0.2, 0) is 19.2 Å². The van der Waals surface area contributed by atoms with E-state index in [9.17, 15) is 29.1 Å². The van der Waals surface area contributed by atoms with Gasteiger partial charge in [0.25, 0.3) is 0 Å². The minimum Gasteiger partial charge on any atom is -0.497 e. The summed E-state index contributed by atoms with van der Waals surface area (Å²) in [6.45, 7) is 9.08. The van der Waals surface area contributed by atoms with Gasteiger partial charge in [-0.25, -0.2) is 14.6 Å². The van der Waals surface area contributed by atoms with Crippen molar-refractivity contribution in [1.29, 1.82) is 0 Å². The van der Waals surface area contributed by atoms with Crippen LogP contribution >= 0.6 is 0 Å². The van der Waals surface area contributed by atoms with Crippen molar-refractivity contribution in [3.8, 4) is 22.8 Å². The highest BCUT2D eigenvalue weighted by atomic mass is 16.5. The number of benzene rings is 2. The van der Waals surface area contributed by atoms with E-state index < -0.39 is 64.9 Å². The minimum absolute atomic E-state index is 0.0289. The molecule has 3 aromatic rings. The van der Waals surface area contributed by atoms with Crippen molar-refractivity contribution in [2.75, 3.05) is 20.7 Å². The van der Waals surface area contributed by atoms with Gasteiger partial charge in [-0.1, -0.05) is 76.4 Å². The lowest BCUT2D eigenvalue weighted by Gasteiger charge is -2.36. The molecule has 1 aliphatic heterocycles. The van der Waals surface area contributed by atoms with E-state index in [1.807, 2.05) is 42.5 Å². The van der Waals surface area contributed by atoms with E-state index in [0.29, 0.717) is 28.1 Å². The Hall–Kier alpha value is -5.66. The van der Waals surface area contributed by atoms with Crippen LogP contribution in [0.2, 0.25) is 0 Å². The number of pyridine rings is 1. The maximum atomic E-state index is 14.4. The molecule has 304 valence electrons. The number of carboxylic acids is 1. The number of carbonyl (C=O) groups is 5. The Labute approximate surface area is 333 Å². The molecule has 0 radical (unpaired) electrons. The van der Waals surface area contributed by atoms with Gasteiger partial charge in [-0.3, -0.25) is 14.4 Å². The fraction of sp³-hybridized carbons (Fsp3) is 0.488. The Kier molecular flexibility index (Phi) is 12.1. The molecule has 2 heterocycles. The number of aromatic nitrogens is 1. The lowest BCUT2D eigenvalue weighted by molar-refractivity contribution is -0.144. The van der Waals surface area contributed by atoms with Crippen LogP contribution in [0.4, 0.5) is 4.79 Å². The van der Waals surface area contributed by atoms with Crippen LogP contribution in [0.5, 0.6) is 11.5 Å². The molecule has 5 N–H and O–H groups in total. The van der Waals surface area contributed by atoms with E-state index in [4.69, 9.17) is 14.5 Å². The molecule has 2 saturated carbocycles. The minimum atomic E-state index is -1.54. The standard InChI is InChI=1S/C43H54N6O8/c1-7-27-23-43(27,40(53)54)48-37(50)33-21-29(57-34-22-31(25-14-10-8-11-15-25)45-32-20-28(56-6)18-19-30(32)34)24-49(33)41(55)47-36(42(2,3)4)39(52)46-35(38(51)44-5)26-16-12-9-13-17-26/h7-8,10-11,14-15,18-20,22,26-27,29,33,35-36H,1,9,12-13,16-17,21,23-24H2,2-6H3,(H,44,51)(H,46,52)(H,47,55)(H,48,50)(H,53,54)/t27-,29?,33+,35+,36-,43-/m1/s1. The number of methoxy groups -OCH3 is 1. The number of urea groups is 1. The number of fused-ring (bicyclic) bond motifs is 1. The zero-order valence-electron chi connectivity index (χ0n) is 33.3. The summed E-state index contributed by atoms with van der Waals surface area (Å²) in [5.74, 6) is -2.11. The molecule has 1 unspecified atom stereocenters. The molecule has 14 heteroatoms. The van der Waals surface area contributed by atoms with E-state index in [2.05, 4.69) is 27.8 Å². The van der Waals surface area contributed by atoms with Crippen molar-refractivity contribution in [1.82, 2.24) is 31.2 Å². The molecule has 6 rings (SSSR count). The average molecular weight is 783 g/mol. The lowest BCUT2D eigenvalue weighted by atomic mass is 9.82. The van der Waals surface area contributed by atoms with Crippen molar-refractivity contribution in [3.63, 3.8) is 0 Å². The number of nitrogens with one attached hydrogen (secondary N) is 4. The first kappa shape index (κ1) is 41.0. The predicted molar refractivity (Wildman–Crippen MR) is 214 cm³/mol. The number of hydrogen-bond acceptors (Lipinski definition) is 8. The van der Waals surface area contributed by atoms with E-state index in [-0.39, 0.29) is 31.2 Å². The van der Waals surface area contributed by atoms with Gasteiger partial charge in [0, 0.05) is 42.5 Å². The smallest absolute Gasteiger partial charge is 0.330 e. The molecule has 2 aliphatic carbocycles. The number of rotatable bonds is 13. The van der Waals surface area contributed by atoms with Crippen molar-refractivity contribution in [3.05, 3.63) is 67.3 Å². The summed E-state index contributed by atoms with van der Waals surface area (Å²) in [5, 5.41) is 22.0. The fourth-order valence-corrected chi connectivity index (χ4v) is 8.15. The van der Waals surface area contributed by atoms with Gasteiger partial charge in [0.05, 0.1) is 24.9 Å². The molecule has 5 amide bonds. The average Bonchev–Trinajstić information content (AvgIpc) is 3.77. The number of carboxylic acid groups (broad SMARTS) is 1. The highest BCUT2D eigenvalue weighted by Gasteiger charge is 2.61. The molecular weight excluding hydrogens is 729 g/mol. The monoisotopic (exact) mass is 782 g/mol. The maximum Gasteiger partial charge on any atom is 0.330 e. The SMILES string of the molecule is C=C[C@@H]1C[C@]1(NC(=O)[C@@H]1CC(Oc2cc(-c3ccccc3)nc3cc(OC)ccc23)CN1C(=O)N[C@H](C(=O)N[C@H](C(=O)NC)C1CCCCC1)C(C)(C)C)C(=O)O. The lowest BCUT2D eigenvalue weighted by Crippen LogP contribution is -2.62. The third-order valence-corrected chi connectivity index (χ3v) is 11.5. The van der Waals surface area contributed by atoms with Gasteiger partial charge in [0.15, 0.2) is 0 Å². The van der Waals surface area contributed by atoms with Gasteiger partial charge in [-0.15, -0.1) is 6.58 Å². The topological polar surface area (TPSA) is 188 Å². The Bertz CT molecular complexity index is 2010. The van der Waals surface area contributed by atoms with Gasteiger partial charge >= 0.3 is 12.0 Å². The van der Waals surface area contributed by atoms with Crippen LogP contribution in [0.1, 0.15) is 65.7 Å². The highest BCUT2D eigenvalue weighted by Crippen LogP contribution is 2.45. The summed E-state index contributed by atoms with van der Waals surface area (Å²) in [7, 11) is 3.10. The molecule has 6 atom stereocenters. The third-order valence-electron chi connectivity index (χ3n) is 11.5. The van der Waals surface area contributed by atoms with E-state index >= 15 is 0 Å². The van der Waals surface area contributed by atoms with Crippen molar-refractivity contribution >= 4 is 40.6 Å². The van der Waals surface area contributed by atoms with Gasteiger partial charge in [-0.05, 0) is 42.7 Å². The summed E-state index contributed by atoms with van der Waals surface area (Å²) in [4.78, 5) is 74.2. The van der Waals surface area contributed by atoms with Crippen LogP contribution in [0.15, 0.2) is 67.3 Å². The van der Waals surface area contributed by atoms with Crippen LogP contribution in [0.3, 0.4) is 0 Å². The van der Waals surface area contributed by atoms with Crippen LogP contribution in [0.25, 0.3) is 22.2 Å². The zero-order valence-corrected chi connectivity index (χ0v) is 33.3. The van der Waals surface area contributed by atoms with E-state index in [1.165, 1.54) is 18.0 Å². The van der Waals surface area contributed by atoms with Crippen LogP contribution < -0.4 is 30.7 Å². The number of hydrogen-bond donors (Lipinski definition) is 5. The Balaban J connectivity index is 1.30. The quantitative estimate of drug-likeness (QED) is 0.152. The van der Waals surface area contributed by atoms with Crippen molar-refractivity contribution in [2.24, 2.45) is 17.3 Å². The first-order chi connectivity index (χ1) is 27.2. The highest BCUT2D eigenvalue weighted by molar-refractivity contribution is 5.96. The molecule has 1 saturated heterocycles. The van der Waals surface area contributed by atoms with Crippen molar-refractivity contribution in [2.45, 2.75) is 95.5 Å². The summed E-state index contributed by atoms with van der Waals surface area (Å²) in [5.41, 5.74) is -0.237. The van der Waals surface area contributed by atoms with Gasteiger partial charge in [0.1, 0.15) is 41.3 Å². The number of ether oxygens (including phenoxy) is 2. The second-order valence-corrected chi connectivity index (χ2v) is 16.5. The molecule has 1 aromatic heterocycles. The van der Waals surface area contributed by atoms with E-state index in [1.54, 1.807) is 40.0 Å². The summed E-state index contributed by atoms with van der Waals surface area (Å²) in [6, 6.07) is 13.1. The number of aliphatic carboxylic acids is 1. The fourth-order valence-electron chi connectivity index (χ4n) is 8.15. The number of likely N-dealkylation sites (N-methyl/N-ethyl adjacent to an activating group) is 1. The number of amides is 5. The molecular formula is C43H54N6O8. The molecule has 14 nitrogen and oxygen atoms in total. The third kappa shape index (κ3) is 8.84. The molecule has 57 heavy (non-hydrogen) atoms. The van der Waals surface area contributed by atoms with Crippen molar-refractivity contribution < 1.29 is 38.6 Å². The Morgan fingerprint density at radius 2 is 1.72 bits per heavy atom. The summed E-state index contributed by atoms with van der Waals surface area (Å²) in [6.07, 6.45) is 5.58. The Morgan fingerprint density at radius 1 is 1.00 bits per heavy atom. The van der Waals surface area contributed by atoms with E-state index in [0.717, 1.165) is 37.7 Å². The van der Waals surface area contributed by atoms with Gasteiger partial charge in [0.2, 0.25) is 17.7 Å². The second-order valence-electron chi connectivity index (χ2n) is 16.5. The first-order valence-corrected chi connectivity index (χ1v) is 19.7. The van der Waals surface area contributed by atoms with Gasteiger partial charge < -0.3 is 40.7 Å². The number of nitrogens with zero attached hydrogens (tertiary/aromatic N) is 2. The maximum absolute atomic E-state index is 14.4. The summed E-state index contributed by atoms with van der Waals surface area (Å²) < 4.78 is 12.1.